The Morgan fingerprint density at radius 3 is 2.56 bits per heavy atom. The highest BCUT2D eigenvalue weighted by Crippen LogP contribution is 2.30. The maximum atomic E-state index is 7.63. The summed E-state index contributed by atoms with van der Waals surface area (Å²) in [6.45, 7) is 5.67. The number of amidine groups is 1. The Bertz CT molecular complexity index is 606. The van der Waals surface area contributed by atoms with Gasteiger partial charge in [-0.15, -0.1) is 0 Å². The molecule has 5 nitrogen and oxygen atoms in total. The first-order valence-corrected chi connectivity index (χ1v) is 6.21. The number of nitrogens with two attached hydrogens (primary N) is 1. The van der Waals surface area contributed by atoms with Gasteiger partial charge in [0.05, 0.1) is 11.3 Å². The molecule has 2 rings (SSSR count). The molecular formula is C12H14N4OS. The summed E-state index contributed by atoms with van der Waals surface area (Å²) in [5, 5.41) is 8.79. The van der Waals surface area contributed by atoms with Gasteiger partial charge in [0.15, 0.2) is 0 Å². The zero-order valence-electron chi connectivity index (χ0n) is 10.4. The molecule has 6 heteroatoms. The Morgan fingerprint density at radius 1 is 1.28 bits per heavy atom. The standard InChI is InChI=1S/C12H14N4OS/c1-6-4-7(2)15-11(9(6)10(13)14)18-12-16-8(3)5-17-12/h4-5H,1-3H3,(H3,13,14). The van der Waals surface area contributed by atoms with Crippen molar-refractivity contribution in [3.8, 4) is 0 Å². The van der Waals surface area contributed by atoms with Crippen LogP contribution in [-0.2, 0) is 0 Å². The van der Waals surface area contributed by atoms with E-state index in [0.29, 0.717) is 15.8 Å². The minimum Gasteiger partial charge on any atom is -0.439 e. The van der Waals surface area contributed by atoms with Crippen LogP contribution in [0.2, 0.25) is 0 Å². The van der Waals surface area contributed by atoms with E-state index in [-0.39, 0.29) is 5.84 Å². The average molecular weight is 262 g/mol. The largest absolute Gasteiger partial charge is 0.439 e. The van der Waals surface area contributed by atoms with E-state index in [9.17, 15) is 0 Å². The van der Waals surface area contributed by atoms with Crippen LogP contribution in [0, 0.1) is 26.2 Å². The summed E-state index contributed by atoms with van der Waals surface area (Å²) in [5.41, 5.74) is 8.86. The Morgan fingerprint density at radius 2 is 2.00 bits per heavy atom. The van der Waals surface area contributed by atoms with E-state index in [2.05, 4.69) is 9.97 Å². The quantitative estimate of drug-likeness (QED) is 0.655. The van der Waals surface area contributed by atoms with Gasteiger partial charge in [-0.1, -0.05) is 0 Å². The number of pyridine rings is 1. The molecule has 0 aliphatic carbocycles. The van der Waals surface area contributed by atoms with Crippen LogP contribution in [0.1, 0.15) is 22.5 Å². The second kappa shape index (κ2) is 4.81. The van der Waals surface area contributed by atoms with E-state index in [1.807, 2.05) is 26.8 Å². The molecule has 2 aromatic rings. The third kappa shape index (κ3) is 2.53. The molecule has 3 N–H and O–H groups in total. The molecule has 0 amide bonds. The number of hydrogen-bond acceptors (Lipinski definition) is 5. The van der Waals surface area contributed by atoms with Crippen molar-refractivity contribution in [2.45, 2.75) is 31.0 Å². The van der Waals surface area contributed by atoms with Gasteiger partial charge in [-0.05, 0) is 44.2 Å². The summed E-state index contributed by atoms with van der Waals surface area (Å²) in [4.78, 5) is 8.61. The van der Waals surface area contributed by atoms with Crippen molar-refractivity contribution < 1.29 is 4.42 Å². The molecule has 0 aliphatic rings. The van der Waals surface area contributed by atoms with Gasteiger partial charge in [-0.3, -0.25) is 5.41 Å². The molecular weight excluding hydrogens is 248 g/mol. The zero-order valence-corrected chi connectivity index (χ0v) is 11.3. The lowest BCUT2D eigenvalue weighted by atomic mass is 10.1. The molecule has 0 saturated heterocycles. The number of rotatable bonds is 3. The number of oxazole rings is 1. The molecule has 0 unspecified atom stereocenters. The second-order valence-electron chi connectivity index (χ2n) is 4.03. The smallest absolute Gasteiger partial charge is 0.262 e. The van der Waals surface area contributed by atoms with Gasteiger partial charge in [0.2, 0.25) is 0 Å². The Labute approximate surface area is 109 Å². The van der Waals surface area contributed by atoms with Crippen LogP contribution in [0.4, 0.5) is 0 Å². The number of aromatic nitrogens is 2. The van der Waals surface area contributed by atoms with Crippen LogP contribution in [0.3, 0.4) is 0 Å². The normalized spacial score (nSPS) is 10.6. The third-order valence-corrected chi connectivity index (χ3v) is 3.21. The van der Waals surface area contributed by atoms with Crippen molar-refractivity contribution in [2.75, 3.05) is 0 Å². The minimum atomic E-state index is 0.00535. The highest BCUT2D eigenvalue weighted by atomic mass is 32.2. The lowest BCUT2D eigenvalue weighted by molar-refractivity contribution is 0.453. The highest BCUT2D eigenvalue weighted by Gasteiger charge is 2.15. The monoisotopic (exact) mass is 262 g/mol. The van der Waals surface area contributed by atoms with Crippen LogP contribution in [0.15, 0.2) is 27.0 Å². The van der Waals surface area contributed by atoms with E-state index < -0.39 is 0 Å². The van der Waals surface area contributed by atoms with Crippen molar-refractivity contribution >= 4 is 17.6 Å². The van der Waals surface area contributed by atoms with E-state index in [0.717, 1.165) is 17.0 Å². The van der Waals surface area contributed by atoms with Gasteiger partial charge in [-0.25, -0.2) is 9.97 Å². The van der Waals surface area contributed by atoms with Crippen LogP contribution in [0.25, 0.3) is 0 Å². The summed E-state index contributed by atoms with van der Waals surface area (Å²) in [6.07, 6.45) is 1.58. The van der Waals surface area contributed by atoms with Gasteiger partial charge in [0.1, 0.15) is 17.1 Å². The molecule has 0 fully saturated rings. The fourth-order valence-electron chi connectivity index (χ4n) is 1.67. The molecule has 0 bridgehead atoms. The van der Waals surface area contributed by atoms with Crippen molar-refractivity contribution in [1.29, 1.82) is 5.41 Å². The van der Waals surface area contributed by atoms with E-state index >= 15 is 0 Å². The molecule has 0 saturated carbocycles. The van der Waals surface area contributed by atoms with Crippen molar-refractivity contribution in [1.82, 2.24) is 9.97 Å². The summed E-state index contributed by atoms with van der Waals surface area (Å²) < 4.78 is 5.28. The fraction of sp³-hybridized carbons (Fsp3) is 0.250. The minimum absolute atomic E-state index is 0.00535. The third-order valence-electron chi connectivity index (χ3n) is 2.36. The van der Waals surface area contributed by atoms with E-state index in [4.69, 9.17) is 15.6 Å². The predicted octanol–water partition coefficient (Wildman–Crippen LogP) is 2.43. The average Bonchev–Trinajstić information content (AvgIpc) is 2.62. The molecule has 0 aromatic carbocycles. The zero-order chi connectivity index (χ0) is 13.3. The maximum Gasteiger partial charge on any atom is 0.262 e. The number of aryl methyl sites for hydroxylation is 3. The predicted molar refractivity (Wildman–Crippen MR) is 70.1 cm³/mol. The van der Waals surface area contributed by atoms with Crippen molar-refractivity contribution in [2.24, 2.45) is 5.73 Å². The van der Waals surface area contributed by atoms with Crippen LogP contribution in [-0.4, -0.2) is 15.8 Å². The molecule has 0 atom stereocenters. The van der Waals surface area contributed by atoms with Gasteiger partial charge >= 0.3 is 0 Å². The summed E-state index contributed by atoms with van der Waals surface area (Å²) in [5.74, 6) is 0.00535. The van der Waals surface area contributed by atoms with Crippen molar-refractivity contribution in [3.63, 3.8) is 0 Å². The second-order valence-corrected chi connectivity index (χ2v) is 4.97. The molecule has 94 valence electrons. The Kier molecular flexibility index (Phi) is 3.38. The Hall–Kier alpha value is -1.82. The molecule has 18 heavy (non-hydrogen) atoms. The number of nitrogens with zero attached hydrogens (tertiary/aromatic N) is 2. The lowest BCUT2D eigenvalue weighted by Crippen LogP contribution is -2.15. The number of hydrogen-bond donors (Lipinski definition) is 2. The SMILES string of the molecule is Cc1coc(Sc2nc(C)cc(C)c2C(=N)N)n1. The summed E-state index contributed by atoms with van der Waals surface area (Å²) in [7, 11) is 0. The Balaban J connectivity index is 2.45. The van der Waals surface area contributed by atoms with Gasteiger partial charge in [0, 0.05) is 5.69 Å². The van der Waals surface area contributed by atoms with Gasteiger partial charge in [-0.2, -0.15) is 0 Å². The number of nitrogen functional groups attached to an aromatic ring is 1. The van der Waals surface area contributed by atoms with E-state index in [1.54, 1.807) is 6.26 Å². The molecule has 2 aromatic heterocycles. The van der Waals surface area contributed by atoms with Crippen molar-refractivity contribution in [3.05, 3.63) is 34.8 Å². The fourth-order valence-corrected chi connectivity index (χ4v) is 2.68. The molecule has 0 spiro atoms. The van der Waals surface area contributed by atoms with Gasteiger partial charge in [0.25, 0.3) is 5.22 Å². The summed E-state index contributed by atoms with van der Waals surface area (Å²) in [6, 6.07) is 1.90. The van der Waals surface area contributed by atoms with Gasteiger partial charge < -0.3 is 10.2 Å². The first-order valence-electron chi connectivity index (χ1n) is 5.40. The summed E-state index contributed by atoms with van der Waals surface area (Å²) >= 11 is 1.28. The molecule has 0 aliphatic heterocycles. The molecule has 0 radical (unpaired) electrons. The van der Waals surface area contributed by atoms with E-state index in [1.165, 1.54) is 11.8 Å². The van der Waals surface area contributed by atoms with Crippen LogP contribution in [0.5, 0.6) is 0 Å². The van der Waals surface area contributed by atoms with Crippen LogP contribution >= 0.6 is 11.8 Å². The topological polar surface area (TPSA) is 88.8 Å². The first-order chi connectivity index (χ1) is 8.47. The van der Waals surface area contributed by atoms with Crippen LogP contribution < -0.4 is 5.73 Å². The number of nitrogens with one attached hydrogen (secondary N) is 1. The first kappa shape index (κ1) is 12.6. The highest BCUT2D eigenvalue weighted by molar-refractivity contribution is 7.99. The lowest BCUT2D eigenvalue weighted by Gasteiger charge is -2.09. The maximum absolute atomic E-state index is 7.63. The molecule has 2 heterocycles.